The second kappa shape index (κ2) is 10.7. The maximum Gasteiger partial charge on any atom is 0.404 e. The number of nitrogens with zero attached hydrogens (tertiary/aromatic N) is 1. The lowest BCUT2D eigenvalue weighted by Gasteiger charge is -2.30. The van der Waals surface area contributed by atoms with Gasteiger partial charge in [-0.3, -0.25) is 4.90 Å². The molecular weight excluding hydrogens is 340 g/mol. The maximum absolute atomic E-state index is 11.1. The third kappa shape index (κ3) is 7.81. The van der Waals surface area contributed by atoms with Crippen LogP contribution >= 0.6 is 0 Å². The molecule has 0 aliphatic heterocycles. The minimum absolute atomic E-state index is 0.285. The second-order valence-electron chi connectivity index (χ2n) is 7.39. The Balaban J connectivity index is 2.11. The summed E-state index contributed by atoms with van der Waals surface area (Å²) in [5.41, 5.74) is 2.32. The fourth-order valence-electron chi connectivity index (χ4n) is 3.24. The van der Waals surface area contributed by atoms with Crippen molar-refractivity contribution in [3.63, 3.8) is 0 Å². The van der Waals surface area contributed by atoms with E-state index in [1.54, 1.807) is 0 Å². The summed E-state index contributed by atoms with van der Waals surface area (Å²) in [6.45, 7) is 5.81. The van der Waals surface area contributed by atoms with Crippen molar-refractivity contribution in [1.29, 1.82) is 0 Å². The number of carboxylic acid groups (broad SMARTS) is 1. The number of aliphatic hydroxyl groups excluding tert-OH is 1. The van der Waals surface area contributed by atoms with Crippen LogP contribution in [-0.4, -0.2) is 39.9 Å². The van der Waals surface area contributed by atoms with Crippen molar-refractivity contribution in [2.24, 2.45) is 5.92 Å². The van der Waals surface area contributed by atoms with E-state index in [4.69, 9.17) is 5.11 Å². The minimum atomic E-state index is -1.10. The molecule has 2 rings (SSSR count). The van der Waals surface area contributed by atoms with E-state index in [2.05, 4.69) is 34.5 Å². The molecule has 3 N–H and O–H groups in total. The van der Waals surface area contributed by atoms with E-state index >= 15 is 0 Å². The summed E-state index contributed by atoms with van der Waals surface area (Å²) in [5.74, 6) is 0.285. The average molecular weight is 370 g/mol. The van der Waals surface area contributed by atoms with E-state index in [1.807, 2.05) is 50.2 Å². The third-order valence-electron chi connectivity index (χ3n) is 4.44. The summed E-state index contributed by atoms with van der Waals surface area (Å²) >= 11 is 0. The first-order valence-corrected chi connectivity index (χ1v) is 9.41. The molecule has 0 bridgehead atoms. The smallest absolute Gasteiger partial charge is 0.404 e. The van der Waals surface area contributed by atoms with E-state index in [9.17, 15) is 9.90 Å². The first-order valence-electron chi connectivity index (χ1n) is 9.41. The van der Waals surface area contributed by atoms with Crippen molar-refractivity contribution in [2.75, 3.05) is 6.54 Å². The van der Waals surface area contributed by atoms with Crippen LogP contribution in [0.5, 0.6) is 0 Å². The van der Waals surface area contributed by atoms with E-state index in [0.717, 1.165) is 11.1 Å². The summed E-state index contributed by atoms with van der Waals surface area (Å²) in [5, 5.41) is 22.4. The van der Waals surface area contributed by atoms with Crippen molar-refractivity contribution in [3.8, 4) is 0 Å². The predicted octanol–water partition coefficient (Wildman–Crippen LogP) is 3.73. The third-order valence-corrected chi connectivity index (χ3v) is 4.44. The Labute approximate surface area is 161 Å². The number of nitrogens with one attached hydrogen (secondary N) is 1. The zero-order valence-electron chi connectivity index (χ0n) is 16.1. The average Bonchev–Trinajstić information content (AvgIpc) is 2.62. The second-order valence-corrected chi connectivity index (χ2v) is 7.39. The maximum atomic E-state index is 11.1. The molecule has 0 aliphatic rings. The van der Waals surface area contributed by atoms with Crippen LogP contribution in [0.3, 0.4) is 0 Å². The first kappa shape index (κ1) is 20.9. The van der Waals surface area contributed by atoms with E-state index in [-0.39, 0.29) is 5.92 Å². The fourth-order valence-corrected chi connectivity index (χ4v) is 3.24. The summed E-state index contributed by atoms with van der Waals surface area (Å²) in [7, 11) is 0. The van der Waals surface area contributed by atoms with Crippen molar-refractivity contribution in [2.45, 2.75) is 45.5 Å². The largest absolute Gasteiger partial charge is 0.465 e. The highest BCUT2D eigenvalue weighted by molar-refractivity contribution is 5.64. The number of carbonyl (C=O) groups is 1. The first-order chi connectivity index (χ1) is 12.9. The van der Waals surface area contributed by atoms with Crippen LogP contribution in [0, 0.1) is 5.92 Å². The van der Waals surface area contributed by atoms with E-state index in [1.165, 1.54) is 0 Å². The zero-order valence-corrected chi connectivity index (χ0v) is 16.1. The standard InChI is InChI=1S/C22H30N2O3/c1-17(2)13-20(23-22(26)27)21(25)16-24(14-18-9-5-3-6-10-18)15-19-11-7-4-8-12-19/h3-12,17,20-21,23,25H,13-16H2,1-2H3,(H,26,27). The Morgan fingerprint density at radius 2 is 1.44 bits per heavy atom. The van der Waals surface area contributed by atoms with Crippen LogP contribution in [0.15, 0.2) is 60.7 Å². The highest BCUT2D eigenvalue weighted by Gasteiger charge is 2.24. The fraction of sp³-hybridized carbons (Fsp3) is 0.409. The molecule has 2 aromatic rings. The van der Waals surface area contributed by atoms with Crippen LogP contribution < -0.4 is 5.32 Å². The molecule has 5 heteroatoms. The Morgan fingerprint density at radius 1 is 0.963 bits per heavy atom. The van der Waals surface area contributed by atoms with Gasteiger partial charge in [-0.05, 0) is 23.5 Å². The molecule has 1 amide bonds. The lowest BCUT2D eigenvalue weighted by Crippen LogP contribution is -2.48. The Kier molecular flexibility index (Phi) is 8.30. The highest BCUT2D eigenvalue weighted by atomic mass is 16.4. The number of amides is 1. The molecule has 0 spiro atoms. The van der Waals surface area contributed by atoms with Gasteiger partial charge in [0.2, 0.25) is 0 Å². The van der Waals surface area contributed by atoms with Gasteiger partial charge >= 0.3 is 6.09 Å². The Hall–Kier alpha value is -2.37. The van der Waals surface area contributed by atoms with Crippen molar-refractivity contribution in [3.05, 3.63) is 71.8 Å². The SMILES string of the molecule is CC(C)CC(NC(=O)O)C(O)CN(Cc1ccccc1)Cc1ccccc1. The molecule has 2 aromatic carbocycles. The normalized spacial score (nSPS) is 13.5. The molecule has 0 saturated heterocycles. The Bertz CT molecular complexity index is 635. The van der Waals surface area contributed by atoms with Gasteiger partial charge in [0.15, 0.2) is 0 Å². The molecule has 0 saturated carbocycles. The Morgan fingerprint density at radius 3 is 1.85 bits per heavy atom. The van der Waals surface area contributed by atoms with Gasteiger partial charge in [0.1, 0.15) is 0 Å². The number of benzene rings is 2. The molecule has 0 heterocycles. The molecule has 2 atom stereocenters. The van der Waals surface area contributed by atoms with Crippen molar-refractivity contribution < 1.29 is 15.0 Å². The van der Waals surface area contributed by atoms with Gasteiger partial charge in [0.25, 0.3) is 0 Å². The highest BCUT2D eigenvalue weighted by Crippen LogP contribution is 2.14. The molecule has 0 radical (unpaired) electrons. The zero-order chi connectivity index (χ0) is 19.6. The molecular formula is C22H30N2O3. The summed E-state index contributed by atoms with van der Waals surface area (Å²) in [6.07, 6.45) is -1.29. The quantitative estimate of drug-likeness (QED) is 0.596. The number of hydrogen-bond acceptors (Lipinski definition) is 3. The summed E-state index contributed by atoms with van der Waals surface area (Å²) in [4.78, 5) is 13.3. The summed E-state index contributed by atoms with van der Waals surface area (Å²) < 4.78 is 0. The minimum Gasteiger partial charge on any atom is -0.465 e. The molecule has 27 heavy (non-hydrogen) atoms. The van der Waals surface area contributed by atoms with Crippen molar-refractivity contribution >= 4 is 6.09 Å². The van der Waals surface area contributed by atoms with Gasteiger partial charge in [-0.1, -0.05) is 74.5 Å². The van der Waals surface area contributed by atoms with Gasteiger partial charge in [0, 0.05) is 19.6 Å². The molecule has 0 aliphatic carbocycles. The van der Waals surface area contributed by atoms with Crippen LogP contribution in [0.4, 0.5) is 4.79 Å². The molecule has 0 aromatic heterocycles. The number of rotatable bonds is 10. The molecule has 146 valence electrons. The lowest BCUT2D eigenvalue weighted by molar-refractivity contribution is 0.0650. The van der Waals surface area contributed by atoms with Gasteiger partial charge in [-0.25, -0.2) is 4.79 Å². The molecule has 0 fully saturated rings. The lowest BCUT2D eigenvalue weighted by atomic mass is 9.98. The van der Waals surface area contributed by atoms with Crippen LogP contribution in [0.2, 0.25) is 0 Å². The van der Waals surface area contributed by atoms with Gasteiger partial charge in [0.05, 0.1) is 12.1 Å². The van der Waals surface area contributed by atoms with Crippen LogP contribution in [-0.2, 0) is 13.1 Å². The number of hydrogen-bond donors (Lipinski definition) is 3. The van der Waals surface area contributed by atoms with Gasteiger partial charge in [-0.2, -0.15) is 0 Å². The molecule has 2 unspecified atom stereocenters. The van der Waals surface area contributed by atoms with E-state index in [0.29, 0.717) is 26.1 Å². The van der Waals surface area contributed by atoms with Crippen LogP contribution in [0.25, 0.3) is 0 Å². The predicted molar refractivity (Wildman–Crippen MR) is 107 cm³/mol. The van der Waals surface area contributed by atoms with Gasteiger partial charge < -0.3 is 15.5 Å². The van der Waals surface area contributed by atoms with Crippen molar-refractivity contribution in [1.82, 2.24) is 10.2 Å². The van der Waals surface area contributed by atoms with Crippen LogP contribution in [0.1, 0.15) is 31.4 Å². The van der Waals surface area contributed by atoms with Gasteiger partial charge in [-0.15, -0.1) is 0 Å². The monoisotopic (exact) mass is 370 g/mol. The summed E-state index contributed by atoms with van der Waals surface area (Å²) in [6, 6.07) is 19.7. The molecule has 5 nitrogen and oxygen atoms in total. The van der Waals surface area contributed by atoms with E-state index < -0.39 is 18.2 Å². The number of aliphatic hydroxyl groups is 1. The topological polar surface area (TPSA) is 72.8 Å².